The molecule has 4 nitrogen and oxygen atoms in total. The minimum absolute atomic E-state index is 0.0722. The molecule has 0 unspecified atom stereocenters. The van der Waals surface area contributed by atoms with E-state index in [2.05, 4.69) is 10.6 Å². The zero-order valence-electron chi connectivity index (χ0n) is 19.0. The Kier molecular flexibility index (Phi) is 9.36. The molecule has 4 rings (SSSR count). The monoisotopic (exact) mass is 552 g/mol. The molecule has 0 aliphatic heterocycles. The fraction of sp³-hybridized carbons (Fsp3) is 0.0714. The molecule has 2 amide bonds. The summed E-state index contributed by atoms with van der Waals surface area (Å²) in [5.74, 6) is 0.484. The van der Waals surface area contributed by atoms with Crippen molar-refractivity contribution in [1.29, 1.82) is 0 Å². The Morgan fingerprint density at radius 1 is 0.528 bits per heavy atom. The van der Waals surface area contributed by atoms with Gasteiger partial charge >= 0.3 is 0 Å². The summed E-state index contributed by atoms with van der Waals surface area (Å²) in [4.78, 5) is 26.5. The quantitative estimate of drug-likeness (QED) is 0.206. The third-order valence-corrected chi connectivity index (χ3v) is 7.57. The van der Waals surface area contributed by atoms with Gasteiger partial charge in [-0.1, -0.05) is 47.5 Å². The van der Waals surface area contributed by atoms with Gasteiger partial charge in [0.2, 0.25) is 11.8 Å². The van der Waals surface area contributed by atoms with Crippen LogP contribution < -0.4 is 10.6 Å². The van der Waals surface area contributed by atoms with Crippen molar-refractivity contribution >= 4 is 69.9 Å². The van der Waals surface area contributed by atoms with Gasteiger partial charge in [-0.3, -0.25) is 9.59 Å². The lowest BCUT2D eigenvalue weighted by atomic mass is 10.0. The number of rotatable bonds is 9. The smallest absolute Gasteiger partial charge is 0.234 e. The zero-order chi connectivity index (χ0) is 25.3. The third kappa shape index (κ3) is 8.07. The molecule has 0 radical (unpaired) electrons. The van der Waals surface area contributed by atoms with Crippen LogP contribution in [0.15, 0.2) is 107 Å². The van der Waals surface area contributed by atoms with Crippen LogP contribution in [0, 0.1) is 0 Å². The predicted octanol–water partition coefficient (Wildman–Crippen LogP) is 8.12. The summed E-state index contributed by atoms with van der Waals surface area (Å²) in [6.45, 7) is 0. The highest BCUT2D eigenvalue weighted by Gasteiger charge is 2.07. The fourth-order valence-electron chi connectivity index (χ4n) is 3.25. The van der Waals surface area contributed by atoms with Gasteiger partial charge in [0.1, 0.15) is 0 Å². The molecule has 8 heteroatoms. The minimum Gasteiger partial charge on any atom is -0.325 e. The molecule has 182 valence electrons. The first-order valence-corrected chi connectivity index (χ1v) is 13.7. The van der Waals surface area contributed by atoms with E-state index in [1.807, 2.05) is 97.1 Å². The van der Waals surface area contributed by atoms with Crippen molar-refractivity contribution in [2.75, 3.05) is 22.1 Å². The van der Waals surface area contributed by atoms with E-state index in [0.717, 1.165) is 32.3 Å². The van der Waals surface area contributed by atoms with Gasteiger partial charge in [0.15, 0.2) is 0 Å². The zero-order valence-corrected chi connectivity index (χ0v) is 22.2. The number of anilines is 2. The van der Waals surface area contributed by atoms with E-state index in [0.29, 0.717) is 21.6 Å². The molecule has 0 atom stereocenters. The molecule has 2 N–H and O–H groups in total. The molecular formula is C28H22Cl2N2O2S2. The summed E-state index contributed by atoms with van der Waals surface area (Å²) >= 11 is 14.7. The van der Waals surface area contributed by atoms with Crippen LogP contribution in [0.4, 0.5) is 11.4 Å². The van der Waals surface area contributed by atoms with Gasteiger partial charge in [-0.25, -0.2) is 0 Å². The lowest BCUT2D eigenvalue weighted by Crippen LogP contribution is -2.14. The Bertz CT molecular complexity index is 1210. The lowest BCUT2D eigenvalue weighted by molar-refractivity contribution is -0.114. The molecule has 4 aromatic carbocycles. The average Bonchev–Trinajstić information content (AvgIpc) is 2.89. The molecule has 0 aromatic heterocycles. The molecule has 0 saturated heterocycles. The Morgan fingerprint density at radius 2 is 0.861 bits per heavy atom. The van der Waals surface area contributed by atoms with Crippen LogP contribution in [0.25, 0.3) is 11.1 Å². The molecular weight excluding hydrogens is 531 g/mol. The standard InChI is InChI=1S/C28H22Cl2N2O2S2/c29-21-5-13-25(14-6-21)35-17-27(33)31-23-9-1-19(2-10-23)20-3-11-24(12-4-20)32-28(34)18-36-26-15-7-22(30)8-16-26/h1-16H,17-18H2,(H,31,33)(H,32,34). The van der Waals surface area contributed by atoms with Crippen LogP contribution in [-0.2, 0) is 9.59 Å². The van der Waals surface area contributed by atoms with Gasteiger partial charge in [-0.15, -0.1) is 23.5 Å². The number of halogens is 2. The largest absolute Gasteiger partial charge is 0.325 e. The number of carbonyl (C=O) groups is 2. The van der Waals surface area contributed by atoms with Crippen molar-refractivity contribution in [2.24, 2.45) is 0 Å². The second-order valence-electron chi connectivity index (χ2n) is 7.74. The molecule has 0 fully saturated rings. The number of amides is 2. The summed E-state index contributed by atoms with van der Waals surface area (Å²) < 4.78 is 0. The van der Waals surface area contributed by atoms with Crippen LogP contribution in [0.3, 0.4) is 0 Å². The second-order valence-corrected chi connectivity index (χ2v) is 10.7. The van der Waals surface area contributed by atoms with E-state index in [4.69, 9.17) is 23.2 Å². The average molecular weight is 554 g/mol. The van der Waals surface area contributed by atoms with E-state index in [1.54, 1.807) is 0 Å². The maximum atomic E-state index is 12.3. The second kappa shape index (κ2) is 12.9. The molecule has 0 aliphatic carbocycles. The summed E-state index contributed by atoms with van der Waals surface area (Å²) in [5, 5.41) is 7.18. The van der Waals surface area contributed by atoms with Gasteiger partial charge in [0.05, 0.1) is 11.5 Å². The molecule has 0 spiro atoms. The normalized spacial score (nSPS) is 10.6. The Morgan fingerprint density at radius 3 is 1.19 bits per heavy atom. The van der Waals surface area contributed by atoms with Crippen LogP contribution >= 0.6 is 46.7 Å². The first-order valence-electron chi connectivity index (χ1n) is 11.0. The van der Waals surface area contributed by atoms with Crippen molar-refractivity contribution in [3.63, 3.8) is 0 Å². The van der Waals surface area contributed by atoms with Crippen LogP contribution in [0.2, 0.25) is 10.0 Å². The van der Waals surface area contributed by atoms with Gasteiger partial charge in [-0.2, -0.15) is 0 Å². The van der Waals surface area contributed by atoms with E-state index < -0.39 is 0 Å². The molecule has 0 aliphatic rings. The summed E-state index contributed by atoms with van der Waals surface area (Å²) in [6, 6.07) is 30.2. The molecule has 0 heterocycles. The Hall–Kier alpha value is -2.90. The molecule has 0 saturated carbocycles. The highest BCUT2D eigenvalue weighted by molar-refractivity contribution is 8.00. The number of nitrogens with one attached hydrogen (secondary N) is 2. The van der Waals surface area contributed by atoms with E-state index in [1.165, 1.54) is 23.5 Å². The Labute approximate surface area is 228 Å². The number of thioether (sulfide) groups is 2. The molecule has 4 aromatic rings. The topological polar surface area (TPSA) is 58.2 Å². The molecule has 36 heavy (non-hydrogen) atoms. The summed E-state index contributed by atoms with van der Waals surface area (Å²) in [7, 11) is 0. The number of hydrogen-bond acceptors (Lipinski definition) is 4. The summed E-state index contributed by atoms with van der Waals surface area (Å²) in [6.07, 6.45) is 0. The first kappa shape index (κ1) is 26.2. The maximum Gasteiger partial charge on any atom is 0.234 e. The van der Waals surface area contributed by atoms with Crippen LogP contribution in [0.1, 0.15) is 0 Å². The van der Waals surface area contributed by atoms with Crippen molar-refractivity contribution < 1.29 is 9.59 Å². The molecule has 0 bridgehead atoms. The SMILES string of the molecule is O=C(CSc1ccc(Cl)cc1)Nc1ccc(-c2ccc(NC(=O)CSc3ccc(Cl)cc3)cc2)cc1. The van der Waals surface area contributed by atoms with Crippen LogP contribution in [-0.4, -0.2) is 23.3 Å². The highest BCUT2D eigenvalue weighted by atomic mass is 35.5. The van der Waals surface area contributed by atoms with Crippen molar-refractivity contribution in [3.8, 4) is 11.1 Å². The highest BCUT2D eigenvalue weighted by Crippen LogP contribution is 2.25. The van der Waals surface area contributed by atoms with Gasteiger partial charge < -0.3 is 10.6 Å². The Balaban J connectivity index is 1.25. The van der Waals surface area contributed by atoms with Crippen molar-refractivity contribution in [1.82, 2.24) is 0 Å². The minimum atomic E-state index is -0.0722. The van der Waals surface area contributed by atoms with E-state index in [9.17, 15) is 9.59 Å². The van der Waals surface area contributed by atoms with Gasteiger partial charge in [0, 0.05) is 31.2 Å². The van der Waals surface area contributed by atoms with Gasteiger partial charge in [0.25, 0.3) is 0 Å². The van der Waals surface area contributed by atoms with E-state index >= 15 is 0 Å². The van der Waals surface area contributed by atoms with Crippen molar-refractivity contribution in [3.05, 3.63) is 107 Å². The first-order chi connectivity index (χ1) is 17.4. The van der Waals surface area contributed by atoms with Crippen molar-refractivity contribution in [2.45, 2.75) is 9.79 Å². The lowest BCUT2D eigenvalue weighted by Gasteiger charge is -2.09. The predicted molar refractivity (Wildman–Crippen MR) is 153 cm³/mol. The number of benzene rings is 4. The fourth-order valence-corrected chi connectivity index (χ4v) is 4.89. The van der Waals surface area contributed by atoms with E-state index in [-0.39, 0.29) is 11.8 Å². The number of hydrogen-bond donors (Lipinski definition) is 2. The maximum absolute atomic E-state index is 12.3. The van der Waals surface area contributed by atoms with Gasteiger partial charge in [-0.05, 0) is 83.9 Å². The number of carbonyl (C=O) groups excluding carboxylic acids is 2. The summed E-state index contributed by atoms with van der Waals surface area (Å²) in [5.41, 5.74) is 3.50. The third-order valence-electron chi connectivity index (χ3n) is 5.04. The van der Waals surface area contributed by atoms with Crippen LogP contribution in [0.5, 0.6) is 0 Å².